The Bertz CT molecular complexity index is 421. The number of rotatable bonds is 3. The molecular weight excluding hydrogens is 200 g/mol. The van der Waals surface area contributed by atoms with Crippen molar-refractivity contribution in [2.75, 3.05) is 6.61 Å². The standard InChI is InChI=1S/C11H9F2NO/c1-2-3-4-15-11-6-8(12)5-10(13)9(11)7-14/h2-3,5-6H,4H2,1H3. The molecule has 0 aromatic heterocycles. The molecule has 0 aliphatic heterocycles. The van der Waals surface area contributed by atoms with E-state index in [1.807, 2.05) is 0 Å². The minimum atomic E-state index is -0.909. The average molecular weight is 209 g/mol. The van der Waals surface area contributed by atoms with Crippen molar-refractivity contribution < 1.29 is 13.5 Å². The summed E-state index contributed by atoms with van der Waals surface area (Å²) >= 11 is 0. The van der Waals surface area contributed by atoms with Gasteiger partial charge in [-0.3, -0.25) is 0 Å². The molecule has 0 fully saturated rings. The third kappa shape index (κ3) is 2.78. The highest BCUT2D eigenvalue weighted by Gasteiger charge is 2.11. The van der Waals surface area contributed by atoms with Crippen molar-refractivity contribution in [2.45, 2.75) is 6.92 Å². The lowest BCUT2D eigenvalue weighted by Crippen LogP contribution is -1.98. The van der Waals surface area contributed by atoms with Crippen molar-refractivity contribution >= 4 is 0 Å². The molecule has 0 bridgehead atoms. The van der Waals surface area contributed by atoms with Crippen LogP contribution in [0.4, 0.5) is 8.78 Å². The van der Waals surface area contributed by atoms with Gasteiger partial charge in [-0.25, -0.2) is 8.78 Å². The van der Waals surface area contributed by atoms with E-state index in [1.165, 1.54) is 0 Å². The average Bonchev–Trinajstić information content (AvgIpc) is 2.17. The number of hydrogen-bond acceptors (Lipinski definition) is 2. The van der Waals surface area contributed by atoms with Crippen molar-refractivity contribution in [2.24, 2.45) is 0 Å². The van der Waals surface area contributed by atoms with Gasteiger partial charge in [0.05, 0.1) is 0 Å². The Labute approximate surface area is 86.4 Å². The molecule has 0 unspecified atom stereocenters. The van der Waals surface area contributed by atoms with Crippen molar-refractivity contribution in [1.29, 1.82) is 5.26 Å². The zero-order valence-electron chi connectivity index (χ0n) is 8.13. The van der Waals surface area contributed by atoms with Crippen LogP contribution in [0, 0.1) is 23.0 Å². The molecule has 0 heterocycles. The van der Waals surface area contributed by atoms with Crippen LogP contribution in [0.1, 0.15) is 12.5 Å². The normalized spacial score (nSPS) is 10.3. The summed E-state index contributed by atoms with van der Waals surface area (Å²) in [7, 11) is 0. The van der Waals surface area contributed by atoms with Gasteiger partial charge in [-0.2, -0.15) is 5.26 Å². The summed E-state index contributed by atoms with van der Waals surface area (Å²) in [5.41, 5.74) is -0.277. The van der Waals surface area contributed by atoms with E-state index in [0.717, 1.165) is 6.07 Å². The molecule has 1 rings (SSSR count). The van der Waals surface area contributed by atoms with Gasteiger partial charge in [0.2, 0.25) is 0 Å². The van der Waals surface area contributed by atoms with Crippen molar-refractivity contribution in [3.8, 4) is 11.8 Å². The fourth-order valence-corrected chi connectivity index (χ4v) is 1.01. The van der Waals surface area contributed by atoms with Crippen LogP contribution in [0.15, 0.2) is 24.3 Å². The molecule has 0 aliphatic carbocycles. The molecule has 2 nitrogen and oxygen atoms in total. The zero-order chi connectivity index (χ0) is 11.3. The lowest BCUT2D eigenvalue weighted by atomic mass is 10.2. The molecule has 0 aliphatic rings. The number of nitriles is 1. The molecule has 78 valence electrons. The molecule has 1 aromatic carbocycles. The highest BCUT2D eigenvalue weighted by atomic mass is 19.1. The van der Waals surface area contributed by atoms with Crippen LogP contribution in [0.5, 0.6) is 5.75 Å². The van der Waals surface area contributed by atoms with Crippen molar-refractivity contribution in [3.05, 3.63) is 41.5 Å². The second-order valence-electron chi connectivity index (χ2n) is 2.75. The summed E-state index contributed by atoms with van der Waals surface area (Å²) in [6.45, 7) is 1.97. The maximum absolute atomic E-state index is 13.1. The maximum atomic E-state index is 13.1. The Morgan fingerprint density at radius 3 is 2.80 bits per heavy atom. The quantitative estimate of drug-likeness (QED) is 0.717. The van der Waals surface area contributed by atoms with Crippen molar-refractivity contribution in [1.82, 2.24) is 0 Å². The van der Waals surface area contributed by atoms with Crippen LogP contribution < -0.4 is 4.74 Å². The highest BCUT2D eigenvalue weighted by Crippen LogP contribution is 2.22. The molecule has 0 radical (unpaired) electrons. The van der Waals surface area contributed by atoms with Gasteiger partial charge < -0.3 is 4.74 Å². The summed E-state index contributed by atoms with van der Waals surface area (Å²) in [6.07, 6.45) is 3.41. The SMILES string of the molecule is CC=CCOc1cc(F)cc(F)c1C#N. The van der Waals surface area contributed by atoms with Gasteiger partial charge in [-0.05, 0) is 6.92 Å². The van der Waals surface area contributed by atoms with E-state index < -0.39 is 11.6 Å². The topological polar surface area (TPSA) is 33.0 Å². The molecule has 0 atom stereocenters. The predicted molar refractivity (Wildman–Crippen MR) is 51.4 cm³/mol. The van der Waals surface area contributed by atoms with Gasteiger partial charge >= 0.3 is 0 Å². The number of halogens is 2. The molecule has 1 aromatic rings. The number of benzene rings is 1. The third-order valence-corrected chi connectivity index (χ3v) is 1.70. The Morgan fingerprint density at radius 2 is 2.20 bits per heavy atom. The first-order valence-corrected chi connectivity index (χ1v) is 4.32. The first-order valence-electron chi connectivity index (χ1n) is 4.32. The van der Waals surface area contributed by atoms with Crippen LogP contribution in [0.25, 0.3) is 0 Å². The first-order chi connectivity index (χ1) is 7.19. The van der Waals surface area contributed by atoms with E-state index in [0.29, 0.717) is 6.07 Å². The Hall–Kier alpha value is -1.89. The van der Waals surface area contributed by atoms with Crippen LogP contribution in [0.2, 0.25) is 0 Å². The Balaban J connectivity index is 3.00. The van der Waals surface area contributed by atoms with Gasteiger partial charge in [-0.15, -0.1) is 0 Å². The van der Waals surface area contributed by atoms with Gasteiger partial charge in [0.25, 0.3) is 0 Å². The number of nitrogens with zero attached hydrogens (tertiary/aromatic N) is 1. The van der Waals surface area contributed by atoms with Crippen molar-refractivity contribution in [3.63, 3.8) is 0 Å². The zero-order valence-corrected chi connectivity index (χ0v) is 8.13. The molecule has 0 saturated carbocycles. The van der Waals surface area contributed by atoms with Crippen LogP contribution >= 0.6 is 0 Å². The minimum absolute atomic E-state index is 0.0758. The van der Waals surface area contributed by atoms with Gasteiger partial charge in [-0.1, -0.05) is 12.2 Å². The summed E-state index contributed by atoms with van der Waals surface area (Å²) in [6, 6.07) is 3.27. The lowest BCUT2D eigenvalue weighted by Gasteiger charge is -2.05. The number of allylic oxidation sites excluding steroid dienone is 1. The smallest absolute Gasteiger partial charge is 0.147 e. The predicted octanol–water partition coefficient (Wildman–Crippen LogP) is 2.79. The van der Waals surface area contributed by atoms with Crippen LogP contribution in [-0.4, -0.2) is 6.61 Å². The Kier molecular flexibility index (Phi) is 3.81. The monoisotopic (exact) mass is 209 g/mol. The molecule has 4 heteroatoms. The minimum Gasteiger partial charge on any atom is -0.488 e. The maximum Gasteiger partial charge on any atom is 0.147 e. The van der Waals surface area contributed by atoms with E-state index in [9.17, 15) is 8.78 Å². The molecule has 0 N–H and O–H groups in total. The van der Waals surface area contributed by atoms with Gasteiger partial charge in [0, 0.05) is 12.1 Å². The van der Waals surface area contributed by atoms with Gasteiger partial charge in [0.1, 0.15) is 35.6 Å². The first kappa shape index (κ1) is 11.2. The summed E-state index contributed by atoms with van der Waals surface area (Å²) in [5, 5.41) is 8.64. The molecule has 0 spiro atoms. The second kappa shape index (κ2) is 5.11. The van der Waals surface area contributed by atoms with E-state index in [2.05, 4.69) is 0 Å². The summed E-state index contributed by atoms with van der Waals surface area (Å²) in [5.74, 6) is -1.75. The molecule has 0 saturated heterocycles. The van der Waals surface area contributed by atoms with E-state index >= 15 is 0 Å². The second-order valence-corrected chi connectivity index (χ2v) is 2.75. The molecule has 0 amide bonds. The fraction of sp³-hybridized carbons (Fsp3) is 0.182. The largest absolute Gasteiger partial charge is 0.488 e. The van der Waals surface area contributed by atoms with E-state index in [4.69, 9.17) is 10.00 Å². The number of ether oxygens (including phenoxy) is 1. The summed E-state index contributed by atoms with van der Waals surface area (Å²) in [4.78, 5) is 0. The third-order valence-electron chi connectivity index (χ3n) is 1.70. The number of hydrogen-bond donors (Lipinski definition) is 0. The van der Waals surface area contributed by atoms with E-state index in [1.54, 1.807) is 25.1 Å². The van der Waals surface area contributed by atoms with Gasteiger partial charge in [0.15, 0.2) is 0 Å². The lowest BCUT2D eigenvalue weighted by molar-refractivity contribution is 0.356. The highest BCUT2D eigenvalue weighted by molar-refractivity contribution is 5.44. The van der Waals surface area contributed by atoms with Crippen LogP contribution in [0.3, 0.4) is 0 Å². The Morgan fingerprint density at radius 1 is 1.47 bits per heavy atom. The molecule has 15 heavy (non-hydrogen) atoms. The van der Waals surface area contributed by atoms with E-state index in [-0.39, 0.29) is 17.9 Å². The molecular formula is C11H9F2NO. The fourth-order valence-electron chi connectivity index (χ4n) is 1.01. The van der Waals surface area contributed by atoms with Crippen LogP contribution in [-0.2, 0) is 0 Å². The summed E-state index contributed by atoms with van der Waals surface area (Å²) < 4.78 is 30.9.